The molecule has 210 valence electrons. The van der Waals surface area contributed by atoms with Crippen LogP contribution in [-0.2, 0) is 24.7 Å². The first-order valence-corrected chi connectivity index (χ1v) is 21.3. The predicted molar refractivity (Wildman–Crippen MR) is 182 cm³/mol. The van der Waals surface area contributed by atoms with Crippen LogP contribution in [-0.4, -0.2) is 4.21 Å². The number of benzene rings is 3. The Morgan fingerprint density at radius 1 is 0.875 bits per heavy atom. The molecular formula is C37H44Cl2Zr. The van der Waals surface area contributed by atoms with Crippen LogP contribution in [0.1, 0.15) is 63.3 Å². The monoisotopic (exact) mass is 648 g/mol. The quantitative estimate of drug-likeness (QED) is 0.187. The van der Waals surface area contributed by atoms with Crippen molar-refractivity contribution < 1.29 is 18.3 Å². The van der Waals surface area contributed by atoms with Gasteiger partial charge in [0.15, 0.2) is 0 Å². The zero-order valence-electron chi connectivity index (χ0n) is 24.7. The molecule has 0 bridgehead atoms. The minimum Gasteiger partial charge on any atom is -0.147 e. The van der Waals surface area contributed by atoms with E-state index < -0.39 is 18.3 Å². The molecule has 0 nitrogen and oxygen atoms in total. The summed E-state index contributed by atoms with van der Waals surface area (Å²) in [7, 11) is 0. The maximum atomic E-state index is 5.56. The largest absolute Gasteiger partial charge is 0.147 e. The number of hydrogen-bond donors (Lipinski definition) is 0. The first-order chi connectivity index (χ1) is 18.1. The van der Waals surface area contributed by atoms with Crippen LogP contribution in [0.3, 0.4) is 0 Å². The molecule has 1 unspecified atom stereocenters. The van der Waals surface area contributed by atoms with Crippen LogP contribution in [0.25, 0.3) is 23.3 Å². The average Bonchev–Trinajstić information content (AvgIpc) is 3.55. The summed E-state index contributed by atoms with van der Waals surface area (Å²) >= 11 is -4.38. The fourth-order valence-corrected chi connectivity index (χ4v) is 22.6. The summed E-state index contributed by atoms with van der Waals surface area (Å²) in [5.74, 6) is 0.423. The number of fused-ring (bicyclic) bond motifs is 3. The van der Waals surface area contributed by atoms with Crippen molar-refractivity contribution in [2.45, 2.75) is 51.6 Å². The van der Waals surface area contributed by atoms with Crippen molar-refractivity contribution in [2.24, 2.45) is 11.3 Å². The van der Waals surface area contributed by atoms with Crippen LogP contribution < -0.4 is 6.54 Å². The number of allylic oxidation sites excluding steroid dienone is 4. The van der Waals surface area contributed by atoms with Gasteiger partial charge >= 0.3 is 232 Å². The molecule has 0 heterocycles. The van der Waals surface area contributed by atoms with Gasteiger partial charge < -0.3 is 0 Å². The molecule has 2 aliphatic carbocycles. The topological polar surface area (TPSA) is 0 Å². The van der Waals surface area contributed by atoms with Gasteiger partial charge in [-0.3, -0.25) is 0 Å². The Hall–Kier alpha value is -2.05. The number of halogens is 2. The van der Waals surface area contributed by atoms with E-state index in [2.05, 4.69) is 121 Å². The normalized spacial score (nSPS) is 16.1. The van der Waals surface area contributed by atoms with Gasteiger partial charge in [0.25, 0.3) is 0 Å². The van der Waals surface area contributed by atoms with Crippen LogP contribution in [0.4, 0.5) is 0 Å². The smallest absolute Gasteiger partial charge is 0.147 e. The van der Waals surface area contributed by atoms with Crippen molar-refractivity contribution in [3.8, 4) is 11.1 Å². The average molecular weight is 651 g/mol. The van der Waals surface area contributed by atoms with Gasteiger partial charge in [0, 0.05) is 0 Å². The molecule has 0 radical (unpaired) electrons. The van der Waals surface area contributed by atoms with Crippen molar-refractivity contribution in [3.63, 3.8) is 0 Å². The Balaban J connectivity index is 0.00000220. The van der Waals surface area contributed by atoms with Crippen molar-refractivity contribution in [1.82, 2.24) is 0 Å². The van der Waals surface area contributed by atoms with E-state index in [1.54, 1.807) is 3.28 Å². The van der Waals surface area contributed by atoms with E-state index in [1.165, 1.54) is 45.5 Å². The van der Waals surface area contributed by atoms with Crippen LogP contribution in [0.2, 0.25) is 4.13 Å². The molecule has 0 spiro atoms. The van der Waals surface area contributed by atoms with Gasteiger partial charge in [-0.05, 0) is 0 Å². The fraction of sp³-hybridized carbons (Fsp3) is 0.270. The molecule has 0 saturated carbocycles. The maximum absolute atomic E-state index is 5.56. The zero-order valence-corrected chi connectivity index (χ0v) is 28.8. The van der Waals surface area contributed by atoms with Gasteiger partial charge in [0.1, 0.15) is 0 Å². The van der Waals surface area contributed by atoms with E-state index in [4.69, 9.17) is 4.21 Å². The molecule has 0 N–H and O–H groups in total. The van der Waals surface area contributed by atoms with Gasteiger partial charge in [0.05, 0.1) is 0 Å². The third-order valence-corrected chi connectivity index (χ3v) is 26.6. The molecule has 3 aromatic carbocycles. The van der Waals surface area contributed by atoms with Crippen LogP contribution in [0.15, 0.2) is 94.8 Å². The molecule has 0 saturated heterocycles. The molecule has 0 aromatic heterocycles. The zero-order chi connectivity index (χ0) is 27.3. The van der Waals surface area contributed by atoms with Crippen LogP contribution >= 0.6 is 24.8 Å². The first kappa shape index (κ1) is 32.5. The molecule has 3 heteroatoms. The fourth-order valence-electron chi connectivity index (χ4n) is 7.07. The van der Waals surface area contributed by atoms with Crippen LogP contribution in [0, 0.1) is 11.3 Å². The van der Waals surface area contributed by atoms with Crippen LogP contribution in [0.5, 0.6) is 0 Å². The molecule has 0 fully saturated rings. The Morgan fingerprint density at radius 3 is 2.10 bits per heavy atom. The Kier molecular flexibility index (Phi) is 9.48. The summed E-state index contributed by atoms with van der Waals surface area (Å²) in [4.78, 5) is 0. The van der Waals surface area contributed by atoms with E-state index in [-0.39, 0.29) is 30.2 Å². The molecule has 0 amide bonds. The Labute approximate surface area is 255 Å². The van der Waals surface area contributed by atoms with E-state index in [0.29, 0.717) is 5.92 Å². The third kappa shape index (κ3) is 4.87. The number of hydrogen-bond acceptors (Lipinski definition) is 0. The molecule has 2 aliphatic rings. The second-order valence-corrected chi connectivity index (χ2v) is 26.7. The second-order valence-electron chi connectivity index (χ2n) is 12.5. The molecule has 1 atom stereocenters. The number of rotatable bonds is 7. The first-order valence-electron chi connectivity index (χ1n) is 14.2. The van der Waals surface area contributed by atoms with Crippen molar-refractivity contribution >= 4 is 47.7 Å². The van der Waals surface area contributed by atoms with Crippen molar-refractivity contribution in [2.75, 3.05) is 0 Å². The molecule has 5 rings (SSSR count). The van der Waals surface area contributed by atoms with Gasteiger partial charge in [-0.1, -0.05) is 0 Å². The molecule has 0 aliphatic heterocycles. The van der Waals surface area contributed by atoms with E-state index in [1.807, 2.05) is 12.2 Å². The second kappa shape index (κ2) is 11.7. The summed E-state index contributed by atoms with van der Waals surface area (Å²) < 4.78 is 11.3. The SMILES string of the molecule is C=Cc1ccc2c(c1)-c1cc(C=C)c[c]([Zr](=[CH2])([CH2]C)([C]3=CC(C(C)(C)C)=CC3CC)[c]3ccccc3)c1C2.Cl.Cl. The summed E-state index contributed by atoms with van der Waals surface area (Å²) in [5, 5.41) is 0. The van der Waals surface area contributed by atoms with Crippen molar-refractivity contribution in [3.05, 3.63) is 117 Å². The molecule has 40 heavy (non-hydrogen) atoms. The summed E-state index contributed by atoms with van der Waals surface area (Å²) in [5.41, 5.74) is 9.53. The van der Waals surface area contributed by atoms with E-state index in [9.17, 15) is 0 Å². The van der Waals surface area contributed by atoms with Crippen molar-refractivity contribution in [1.29, 1.82) is 0 Å². The molecular weight excluding hydrogens is 607 g/mol. The third-order valence-electron chi connectivity index (χ3n) is 9.53. The summed E-state index contributed by atoms with van der Waals surface area (Å²) in [6, 6.07) is 23.0. The summed E-state index contributed by atoms with van der Waals surface area (Å²) in [6.45, 7) is 20.1. The Morgan fingerprint density at radius 2 is 1.52 bits per heavy atom. The van der Waals surface area contributed by atoms with E-state index in [0.717, 1.165) is 17.0 Å². The Bertz CT molecular complexity index is 1580. The standard InChI is InChI=1S/C17H13.C11H17.C6H5.C2H5.CH2.2ClH.Zr/c1-3-12-5-7-14-11-15-8-6-13(4-2)10-17(15)16(14)9-12;1-5-9-6-7-10(8-9)11(2,3)4;1-2-4-6-5-3-1;1-2;;;;/h3-7,9-10H,1-2,11H2;7-9H,5H2,1-4H3;1-5H;1H2,2H3;1H2;2*1H;. The van der Waals surface area contributed by atoms with Gasteiger partial charge in [-0.25, -0.2) is 0 Å². The van der Waals surface area contributed by atoms with Gasteiger partial charge in [-0.15, -0.1) is 24.8 Å². The van der Waals surface area contributed by atoms with Gasteiger partial charge in [0.2, 0.25) is 0 Å². The summed E-state index contributed by atoms with van der Waals surface area (Å²) in [6.07, 6.45) is 11.2. The van der Waals surface area contributed by atoms with Gasteiger partial charge in [-0.2, -0.15) is 0 Å². The molecule has 3 aromatic rings. The minimum atomic E-state index is -4.38. The maximum Gasteiger partial charge on any atom is -0.147 e. The van der Waals surface area contributed by atoms with E-state index >= 15 is 0 Å². The predicted octanol–water partition coefficient (Wildman–Crippen LogP) is 9.79. The minimum absolute atomic E-state index is 0.